The molecule has 0 saturated carbocycles. The number of aromatic nitrogens is 2. The minimum atomic E-state index is -5.46. The van der Waals surface area contributed by atoms with E-state index in [1.807, 2.05) is 0 Å². The summed E-state index contributed by atoms with van der Waals surface area (Å²) < 4.78 is 53.7. The highest BCUT2D eigenvalue weighted by molar-refractivity contribution is 5.97. The van der Waals surface area contributed by atoms with Crippen LogP contribution in [0.3, 0.4) is 0 Å². The molecule has 33 heavy (non-hydrogen) atoms. The molecule has 0 saturated heterocycles. The molecule has 0 unspecified atom stereocenters. The molecule has 1 aromatic heterocycles. The summed E-state index contributed by atoms with van der Waals surface area (Å²) in [4.78, 5) is 53.4. The average Bonchev–Trinajstić information content (AvgIpc) is 3.09. The third kappa shape index (κ3) is 9.91. The Kier molecular flexibility index (Phi) is 9.02. The fraction of sp³-hybridized carbons (Fsp3) is 0.650. The predicted octanol–water partition coefficient (Wildman–Crippen LogP) is 3.84. The van der Waals surface area contributed by atoms with Crippen LogP contribution in [-0.4, -0.2) is 62.0 Å². The van der Waals surface area contributed by atoms with Gasteiger partial charge in [0.15, 0.2) is 0 Å². The fourth-order valence-corrected chi connectivity index (χ4v) is 2.41. The summed E-state index contributed by atoms with van der Waals surface area (Å²) in [7, 11) is 0. The Morgan fingerprint density at radius 3 is 1.88 bits per heavy atom. The van der Waals surface area contributed by atoms with Crippen LogP contribution in [0.25, 0.3) is 0 Å². The van der Waals surface area contributed by atoms with Gasteiger partial charge in [-0.2, -0.15) is 18.1 Å². The van der Waals surface area contributed by atoms with Gasteiger partial charge in [0.05, 0.1) is 6.33 Å². The zero-order valence-electron chi connectivity index (χ0n) is 19.3. The number of rotatable bonds is 6. The molecule has 1 aromatic rings. The maximum absolute atomic E-state index is 12.8. The Morgan fingerprint density at radius 2 is 1.48 bits per heavy atom. The predicted molar refractivity (Wildman–Crippen MR) is 107 cm³/mol. The van der Waals surface area contributed by atoms with Crippen LogP contribution in [0.2, 0.25) is 0 Å². The van der Waals surface area contributed by atoms with E-state index in [1.165, 1.54) is 54.1 Å². The smallest absolute Gasteiger partial charge is 0.443 e. The van der Waals surface area contributed by atoms with Gasteiger partial charge in [-0.1, -0.05) is 0 Å². The van der Waals surface area contributed by atoms with E-state index in [-0.39, 0.29) is 24.3 Å². The van der Waals surface area contributed by atoms with Crippen molar-refractivity contribution in [2.45, 2.75) is 84.3 Å². The Bertz CT molecular complexity index is 813. The molecule has 0 spiro atoms. The van der Waals surface area contributed by atoms with Crippen LogP contribution in [-0.2, 0) is 30.3 Å². The molecule has 0 aliphatic carbocycles. The Labute approximate surface area is 189 Å². The van der Waals surface area contributed by atoms with Crippen molar-refractivity contribution in [1.29, 1.82) is 0 Å². The van der Waals surface area contributed by atoms with Crippen molar-refractivity contribution >= 4 is 24.1 Å². The lowest BCUT2D eigenvalue weighted by Gasteiger charge is -2.32. The molecule has 0 bridgehead atoms. The van der Waals surface area contributed by atoms with E-state index in [1.54, 1.807) is 10.8 Å². The van der Waals surface area contributed by atoms with Crippen molar-refractivity contribution in [3.63, 3.8) is 0 Å². The summed E-state index contributed by atoms with van der Waals surface area (Å²) in [5.74, 6) is -4.53. The van der Waals surface area contributed by atoms with Crippen molar-refractivity contribution in [3.8, 4) is 0 Å². The number of imidazole rings is 1. The Hall–Kier alpha value is -3.12. The first kappa shape index (κ1) is 27.9. The number of ether oxygens (including phenoxy) is 3. The van der Waals surface area contributed by atoms with Crippen LogP contribution in [0.15, 0.2) is 18.7 Å². The summed E-state index contributed by atoms with van der Waals surface area (Å²) in [6, 6.07) is -1.93. The zero-order valence-corrected chi connectivity index (χ0v) is 19.3. The molecular weight excluding hydrogens is 451 g/mol. The van der Waals surface area contributed by atoms with E-state index in [4.69, 9.17) is 9.47 Å². The summed E-state index contributed by atoms with van der Waals surface area (Å²) in [5.41, 5.74) is -2.24. The lowest BCUT2D eigenvalue weighted by molar-refractivity contribution is -0.203. The van der Waals surface area contributed by atoms with Gasteiger partial charge in [-0.05, 0) is 54.4 Å². The maximum Gasteiger partial charge on any atom is 0.491 e. The monoisotopic (exact) mass is 479 g/mol. The number of nitrogens with zero attached hydrogens (tertiary/aromatic N) is 3. The standard InChI is InChI=1S/C20H28F3N3O7/c1-18(2,3)32-16(29)26(17(30)33-19(4,5)6)13(8-7-10-25-11-9-24-12-25)14(27)31-15(28)20(21,22)23/h9,11-13H,7-8,10H2,1-6H3/t13-/m0/s1. The summed E-state index contributed by atoms with van der Waals surface area (Å²) in [5, 5.41) is 0. The second-order valence-electron chi connectivity index (χ2n) is 9.00. The molecule has 13 heteroatoms. The van der Waals surface area contributed by atoms with E-state index >= 15 is 0 Å². The van der Waals surface area contributed by atoms with Crippen molar-refractivity contribution in [2.75, 3.05) is 0 Å². The number of alkyl halides is 3. The van der Waals surface area contributed by atoms with Gasteiger partial charge in [-0.3, -0.25) is 0 Å². The van der Waals surface area contributed by atoms with Gasteiger partial charge in [-0.15, -0.1) is 0 Å². The molecule has 0 aliphatic heterocycles. The molecule has 0 N–H and O–H groups in total. The van der Waals surface area contributed by atoms with Crippen LogP contribution in [0.1, 0.15) is 54.4 Å². The van der Waals surface area contributed by atoms with Crippen LogP contribution in [0.4, 0.5) is 22.8 Å². The van der Waals surface area contributed by atoms with Crippen molar-refractivity contribution in [1.82, 2.24) is 14.5 Å². The maximum atomic E-state index is 12.8. The third-order valence-corrected chi connectivity index (χ3v) is 3.64. The highest BCUT2D eigenvalue weighted by atomic mass is 19.4. The number of amides is 2. The van der Waals surface area contributed by atoms with Crippen molar-refractivity contribution in [3.05, 3.63) is 18.7 Å². The molecule has 0 aliphatic rings. The van der Waals surface area contributed by atoms with E-state index in [2.05, 4.69) is 9.72 Å². The summed E-state index contributed by atoms with van der Waals surface area (Å²) in [6.45, 7) is 9.15. The van der Waals surface area contributed by atoms with Crippen molar-refractivity contribution in [2.24, 2.45) is 0 Å². The van der Waals surface area contributed by atoms with E-state index in [0.29, 0.717) is 0 Å². The first-order valence-corrected chi connectivity index (χ1v) is 9.94. The van der Waals surface area contributed by atoms with Gasteiger partial charge in [0.2, 0.25) is 0 Å². The number of carbonyl (C=O) groups is 4. The summed E-state index contributed by atoms with van der Waals surface area (Å²) in [6.07, 6.45) is -3.86. The number of hydrogen-bond donors (Lipinski definition) is 0. The minimum Gasteiger partial charge on any atom is -0.443 e. The highest BCUT2D eigenvalue weighted by Crippen LogP contribution is 2.22. The zero-order chi connectivity index (χ0) is 25.6. The molecule has 1 heterocycles. The Balaban J connectivity index is 3.28. The lowest BCUT2D eigenvalue weighted by Crippen LogP contribution is -2.53. The molecular formula is C20H28F3N3O7. The topological polar surface area (TPSA) is 117 Å². The molecule has 0 aromatic carbocycles. The normalized spacial score (nSPS) is 13.1. The second kappa shape index (κ2) is 10.7. The lowest BCUT2D eigenvalue weighted by atomic mass is 10.1. The van der Waals surface area contributed by atoms with E-state index in [9.17, 15) is 32.3 Å². The van der Waals surface area contributed by atoms with Gasteiger partial charge in [0.25, 0.3) is 0 Å². The molecule has 2 amide bonds. The molecule has 186 valence electrons. The van der Waals surface area contributed by atoms with E-state index in [0.717, 1.165) is 0 Å². The van der Waals surface area contributed by atoms with Gasteiger partial charge >= 0.3 is 30.3 Å². The van der Waals surface area contributed by atoms with Crippen molar-refractivity contribution < 1.29 is 46.6 Å². The first-order chi connectivity index (χ1) is 14.9. The molecule has 1 rings (SSSR count). The van der Waals surface area contributed by atoms with Gasteiger partial charge in [0, 0.05) is 18.9 Å². The van der Waals surface area contributed by atoms with Gasteiger partial charge in [-0.25, -0.2) is 24.2 Å². The SMILES string of the molecule is CC(C)(C)OC(=O)N(C(=O)OC(C)(C)C)[C@@H](CCCn1ccnc1)C(=O)OC(=O)C(F)(F)F. The largest absolute Gasteiger partial charge is 0.491 e. The van der Waals surface area contributed by atoms with Crippen LogP contribution in [0.5, 0.6) is 0 Å². The van der Waals surface area contributed by atoms with Gasteiger partial charge < -0.3 is 18.8 Å². The number of halogens is 3. The number of esters is 2. The summed E-state index contributed by atoms with van der Waals surface area (Å²) >= 11 is 0. The number of hydrogen-bond acceptors (Lipinski definition) is 8. The molecule has 10 nitrogen and oxygen atoms in total. The number of aryl methyl sites for hydroxylation is 1. The number of imide groups is 1. The molecule has 1 atom stereocenters. The van der Waals surface area contributed by atoms with E-state index < -0.39 is 47.5 Å². The van der Waals surface area contributed by atoms with Crippen LogP contribution < -0.4 is 0 Å². The second-order valence-corrected chi connectivity index (χ2v) is 9.00. The van der Waals surface area contributed by atoms with Gasteiger partial charge in [0.1, 0.15) is 17.2 Å². The fourth-order valence-electron chi connectivity index (χ4n) is 2.41. The molecule has 0 radical (unpaired) electrons. The Morgan fingerprint density at radius 1 is 0.970 bits per heavy atom. The third-order valence-electron chi connectivity index (χ3n) is 3.64. The highest BCUT2D eigenvalue weighted by Gasteiger charge is 2.46. The first-order valence-electron chi connectivity index (χ1n) is 9.94. The minimum absolute atomic E-state index is 0.0957. The average molecular weight is 479 g/mol. The molecule has 0 fully saturated rings. The van der Waals surface area contributed by atoms with Crippen LogP contribution in [0, 0.1) is 0 Å². The quantitative estimate of drug-likeness (QED) is 0.343. The number of carbonyl (C=O) groups excluding carboxylic acids is 4. The van der Waals surface area contributed by atoms with Crippen LogP contribution >= 0.6 is 0 Å².